The minimum atomic E-state index is -4.35. The molecule has 0 aliphatic rings. The van der Waals surface area contributed by atoms with E-state index in [9.17, 15) is 13.2 Å². The number of para-hydroxylation sites is 1. The second-order valence-electron chi connectivity index (χ2n) is 6.14. The molecule has 0 radical (unpaired) electrons. The molecule has 0 bridgehead atoms. The molecule has 3 aromatic rings. The zero-order chi connectivity index (χ0) is 20.0. The topological polar surface area (TPSA) is 12.4 Å². The van der Waals surface area contributed by atoms with E-state index in [1.807, 2.05) is 67.6 Å². The lowest BCUT2D eigenvalue weighted by molar-refractivity contribution is -0.137. The molecule has 0 saturated heterocycles. The highest BCUT2D eigenvalue weighted by Gasteiger charge is 2.30. The highest BCUT2D eigenvalue weighted by Crippen LogP contribution is 2.32. The van der Waals surface area contributed by atoms with Crippen LogP contribution in [0.3, 0.4) is 0 Å². The number of nitrogens with zero attached hydrogens (tertiary/aromatic N) is 1. The Labute approximate surface area is 166 Å². The van der Waals surface area contributed by atoms with E-state index in [-0.39, 0.29) is 0 Å². The Balaban J connectivity index is 1.85. The van der Waals surface area contributed by atoms with Crippen molar-refractivity contribution in [1.82, 2.24) is 0 Å². The number of aryl methyl sites for hydroxylation is 1. The third kappa shape index (κ3) is 5.60. The van der Waals surface area contributed by atoms with E-state index in [2.05, 4.69) is 4.99 Å². The zero-order valence-electron chi connectivity index (χ0n) is 15.1. The first-order valence-corrected chi connectivity index (χ1v) is 9.51. The van der Waals surface area contributed by atoms with Gasteiger partial charge < -0.3 is 0 Å². The summed E-state index contributed by atoms with van der Waals surface area (Å²) in [7, 11) is 0. The van der Waals surface area contributed by atoms with Crippen LogP contribution in [0.5, 0.6) is 0 Å². The standard InChI is InChI=1S/C23H18F3NS/c1-17-10-12-18(13-11-17)22(27-20-7-3-2-4-8-20)14-15-28-21-9-5-6-19(16-21)23(24,25)26/h2-16H,1H3. The van der Waals surface area contributed by atoms with E-state index in [0.29, 0.717) is 4.90 Å². The molecule has 0 N–H and O–H groups in total. The maximum atomic E-state index is 12.9. The van der Waals surface area contributed by atoms with E-state index in [1.165, 1.54) is 17.8 Å². The van der Waals surface area contributed by atoms with Crippen molar-refractivity contribution in [3.8, 4) is 0 Å². The molecule has 3 aromatic carbocycles. The minimum Gasteiger partial charge on any atom is -0.248 e. The van der Waals surface area contributed by atoms with Crippen LogP contribution in [0.25, 0.3) is 0 Å². The SMILES string of the molecule is Cc1ccc(C(C=CSc2cccc(C(F)(F)F)c2)=Nc2ccccc2)cc1. The van der Waals surface area contributed by atoms with Gasteiger partial charge in [-0.25, -0.2) is 4.99 Å². The van der Waals surface area contributed by atoms with Crippen molar-refractivity contribution in [3.05, 3.63) is 107 Å². The largest absolute Gasteiger partial charge is 0.416 e. The van der Waals surface area contributed by atoms with Crippen molar-refractivity contribution in [1.29, 1.82) is 0 Å². The van der Waals surface area contributed by atoms with Gasteiger partial charge in [-0.2, -0.15) is 13.2 Å². The number of hydrogen-bond acceptors (Lipinski definition) is 2. The number of thioether (sulfide) groups is 1. The van der Waals surface area contributed by atoms with Crippen molar-refractivity contribution in [3.63, 3.8) is 0 Å². The van der Waals surface area contributed by atoms with Gasteiger partial charge in [0.2, 0.25) is 0 Å². The van der Waals surface area contributed by atoms with Gasteiger partial charge in [-0.3, -0.25) is 0 Å². The number of alkyl halides is 3. The Kier molecular flexibility index (Phi) is 6.37. The Morgan fingerprint density at radius 2 is 1.61 bits per heavy atom. The highest BCUT2D eigenvalue weighted by atomic mass is 32.2. The van der Waals surface area contributed by atoms with Gasteiger partial charge in [0.1, 0.15) is 0 Å². The first-order valence-electron chi connectivity index (χ1n) is 8.63. The Hall–Kier alpha value is -2.79. The highest BCUT2D eigenvalue weighted by molar-refractivity contribution is 8.02. The molecular formula is C23H18F3NS. The second-order valence-corrected chi connectivity index (χ2v) is 7.12. The molecule has 0 spiro atoms. The summed E-state index contributed by atoms with van der Waals surface area (Å²) in [6.45, 7) is 2.01. The van der Waals surface area contributed by atoms with Crippen molar-refractivity contribution in [2.24, 2.45) is 4.99 Å². The summed E-state index contributed by atoms with van der Waals surface area (Å²) in [5, 5.41) is 1.76. The smallest absolute Gasteiger partial charge is 0.248 e. The van der Waals surface area contributed by atoms with Crippen LogP contribution in [-0.2, 0) is 6.18 Å². The molecular weight excluding hydrogens is 379 g/mol. The molecule has 3 rings (SSSR count). The number of aliphatic imine (C=N–C) groups is 1. The number of benzene rings is 3. The van der Waals surface area contributed by atoms with Crippen molar-refractivity contribution >= 4 is 23.2 Å². The number of rotatable bonds is 5. The van der Waals surface area contributed by atoms with Crippen LogP contribution >= 0.6 is 11.8 Å². The molecule has 0 aliphatic carbocycles. The Bertz CT molecular complexity index is 975. The van der Waals surface area contributed by atoms with Crippen LogP contribution in [0, 0.1) is 6.92 Å². The molecule has 0 aromatic heterocycles. The summed E-state index contributed by atoms with van der Waals surface area (Å²) in [5.74, 6) is 0. The number of halogens is 3. The van der Waals surface area contributed by atoms with Gasteiger partial charge in [-0.1, -0.05) is 65.9 Å². The van der Waals surface area contributed by atoms with Gasteiger partial charge in [-0.15, -0.1) is 0 Å². The minimum absolute atomic E-state index is 0.522. The van der Waals surface area contributed by atoms with E-state index in [4.69, 9.17) is 0 Å². The fourth-order valence-electron chi connectivity index (χ4n) is 2.49. The first-order chi connectivity index (χ1) is 13.4. The van der Waals surface area contributed by atoms with E-state index >= 15 is 0 Å². The van der Waals surface area contributed by atoms with Crippen LogP contribution in [0.4, 0.5) is 18.9 Å². The maximum Gasteiger partial charge on any atom is 0.416 e. The van der Waals surface area contributed by atoms with E-state index in [0.717, 1.165) is 34.7 Å². The van der Waals surface area contributed by atoms with Crippen LogP contribution in [0.1, 0.15) is 16.7 Å². The van der Waals surface area contributed by atoms with Gasteiger partial charge >= 0.3 is 6.18 Å². The lowest BCUT2D eigenvalue weighted by Gasteiger charge is -2.07. The summed E-state index contributed by atoms with van der Waals surface area (Å²) in [5.41, 5.74) is 2.99. The molecule has 0 aliphatic heterocycles. The van der Waals surface area contributed by atoms with Gasteiger partial charge in [-0.05, 0) is 48.7 Å². The third-order valence-corrected chi connectivity index (χ3v) is 4.74. The Morgan fingerprint density at radius 3 is 2.29 bits per heavy atom. The summed E-state index contributed by atoms with van der Waals surface area (Å²) >= 11 is 1.23. The van der Waals surface area contributed by atoms with Crippen molar-refractivity contribution in [2.75, 3.05) is 0 Å². The van der Waals surface area contributed by atoms with Gasteiger partial charge in [0, 0.05) is 10.5 Å². The van der Waals surface area contributed by atoms with Crippen LogP contribution in [0.2, 0.25) is 0 Å². The average Bonchev–Trinajstić information content (AvgIpc) is 2.68. The predicted octanol–water partition coefficient (Wildman–Crippen LogP) is 7.44. The molecule has 0 heterocycles. The van der Waals surface area contributed by atoms with Gasteiger partial charge in [0.25, 0.3) is 0 Å². The normalized spacial score (nSPS) is 12.5. The number of allylic oxidation sites excluding steroid dienone is 1. The molecule has 0 fully saturated rings. The molecule has 1 nitrogen and oxygen atoms in total. The second kappa shape index (κ2) is 8.93. The quantitative estimate of drug-likeness (QED) is 0.322. The number of hydrogen-bond donors (Lipinski definition) is 0. The Morgan fingerprint density at radius 1 is 0.893 bits per heavy atom. The van der Waals surface area contributed by atoms with Crippen LogP contribution in [-0.4, -0.2) is 5.71 Å². The molecule has 142 valence electrons. The van der Waals surface area contributed by atoms with Gasteiger partial charge in [0.15, 0.2) is 0 Å². The predicted molar refractivity (Wildman–Crippen MR) is 110 cm³/mol. The summed E-state index contributed by atoms with van der Waals surface area (Å²) in [4.78, 5) is 5.21. The van der Waals surface area contributed by atoms with E-state index < -0.39 is 11.7 Å². The zero-order valence-corrected chi connectivity index (χ0v) is 16.0. The van der Waals surface area contributed by atoms with Crippen molar-refractivity contribution < 1.29 is 13.2 Å². The fraction of sp³-hybridized carbons (Fsp3) is 0.0870. The van der Waals surface area contributed by atoms with Crippen LogP contribution in [0.15, 0.2) is 100 Å². The maximum absolute atomic E-state index is 12.9. The third-order valence-electron chi connectivity index (χ3n) is 3.94. The average molecular weight is 397 g/mol. The van der Waals surface area contributed by atoms with E-state index in [1.54, 1.807) is 11.5 Å². The molecule has 5 heteroatoms. The first kappa shape index (κ1) is 20.0. The molecule has 0 amide bonds. The molecule has 0 saturated carbocycles. The molecule has 28 heavy (non-hydrogen) atoms. The fourth-order valence-corrected chi connectivity index (χ4v) is 3.19. The molecule has 0 unspecified atom stereocenters. The summed E-state index contributed by atoms with van der Waals surface area (Å²) in [6, 6.07) is 22.8. The summed E-state index contributed by atoms with van der Waals surface area (Å²) < 4.78 is 38.6. The van der Waals surface area contributed by atoms with Gasteiger partial charge in [0.05, 0.1) is 17.0 Å². The lowest BCUT2D eigenvalue weighted by atomic mass is 10.1. The summed E-state index contributed by atoms with van der Waals surface area (Å²) in [6.07, 6.45) is -2.52. The molecule has 0 atom stereocenters. The monoisotopic (exact) mass is 397 g/mol. The van der Waals surface area contributed by atoms with Crippen LogP contribution < -0.4 is 0 Å². The lowest BCUT2D eigenvalue weighted by Crippen LogP contribution is -2.04. The van der Waals surface area contributed by atoms with Crippen molar-refractivity contribution in [2.45, 2.75) is 18.0 Å².